The molecule has 0 radical (unpaired) electrons. The maximum Gasteiger partial charge on any atom is 0.255 e. The summed E-state index contributed by atoms with van der Waals surface area (Å²) in [6, 6.07) is 0.610. The van der Waals surface area contributed by atoms with Gasteiger partial charge in [0.15, 0.2) is 0 Å². The largest absolute Gasteiger partial charge is 0.397 e. The fraction of sp³-hybridized carbons (Fsp3) is 0.273. The summed E-state index contributed by atoms with van der Waals surface area (Å²) in [6.45, 7) is 0. The van der Waals surface area contributed by atoms with Gasteiger partial charge >= 0.3 is 0 Å². The highest BCUT2D eigenvalue weighted by molar-refractivity contribution is 6.32. The summed E-state index contributed by atoms with van der Waals surface area (Å²) in [5, 5.41) is 4.64. The standard InChI is InChI=1S/C11H11ClN4O3/c12-9-6(3-5(13)4-14-9)10(18)15-7-1-2-8(17)16-11(7)19/h3-4,7H,1-2,13H2,(H,15,18)(H,16,17,19). The van der Waals surface area contributed by atoms with Gasteiger partial charge in [-0.15, -0.1) is 0 Å². The van der Waals surface area contributed by atoms with Gasteiger partial charge in [0, 0.05) is 6.42 Å². The first-order chi connectivity index (χ1) is 8.97. The predicted molar refractivity (Wildman–Crippen MR) is 67.3 cm³/mol. The molecule has 0 spiro atoms. The van der Waals surface area contributed by atoms with Gasteiger partial charge in [0.1, 0.15) is 11.2 Å². The molecule has 1 aromatic heterocycles. The highest BCUT2D eigenvalue weighted by Crippen LogP contribution is 2.16. The fourth-order valence-corrected chi connectivity index (χ4v) is 1.88. The Kier molecular flexibility index (Phi) is 3.66. The quantitative estimate of drug-likeness (QED) is 0.516. The van der Waals surface area contributed by atoms with Crippen molar-refractivity contribution in [1.82, 2.24) is 15.6 Å². The number of nitrogens with one attached hydrogen (secondary N) is 2. The van der Waals surface area contributed by atoms with Crippen LogP contribution >= 0.6 is 11.6 Å². The molecule has 19 heavy (non-hydrogen) atoms. The average Bonchev–Trinajstić information content (AvgIpc) is 2.35. The number of rotatable bonds is 2. The molecule has 3 amide bonds. The third kappa shape index (κ3) is 3.00. The third-order valence-electron chi connectivity index (χ3n) is 2.65. The monoisotopic (exact) mass is 282 g/mol. The van der Waals surface area contributed by atoms with Gasteiger partial charge in [0.2, 0.25) is 11.8 Å². The van der Waals surface area contributed by atoms with Crippen LogP contribution in [-0.4, -0.2) is 28.7 Å². The van der Waals surface area contributed by atoms with Gasteiger partial charge in [-0.05, 0) is 12.5 Å². The van der Waals surface area contributed by atoms with Crippen molar-refractivity contribution in [3.63, 3.8) is 0 Å². The summed E-state index contributed by atoms with van der Waals surface area (Å²) >= 11 is 5.79. The Labute approximate surface area is 113 Å². The number of piperidine rings is 1. The highest BCUT2D eigenvalue weighted by Gasteiger charge is 2.28. The van der Waals surface area contributed by atoms with Crippen molar-refractivity contribution < 1.29 is 14.4 Å². The van der Waals surface area contributed by atoms with E-state index in [1.54, 1.807) is 0 Å². The number of amides is 3. The smallest absolute Gasteiger partial charge is 0.255 e. The second-order valence-electron chi connectivity index (χ2n) is 4.08. The second-order valence-corrected chi connectivity index (χ2v) is 4.44. The van der Waals surface area contributed by atoms with Crippen LogP contribution in [-0.2, 0) is 9.59 Å². The van der Waals surface area contributed by atoms with E-state index in [4.69, 9.17) is 17.3 Å². The van der Waals surface area contributed by atoms with Gasteiger partial charge in [0.25, 0.3) is 5.91 Å². The Morgan fingerprint density at radius 2 is 2.26 bits per heavy atom. The predicted octanol–water partition coefficient (Wildman–Crippen LogP) is -0.148. The number of hydrogen-bond donors (Lipinski definition) is 3. The van der Waals surface area contributed by atoms with Crippen molar-refractivity contribution in [2.45, 2.75) is 18.9 Å². The zero-order valence-corrected chi connectivity index (χ0v) is 10.5. The first kappa shape index (κ1) is 13.3. The fourth-order valence-electron chi connectivity index (χ4n) is 1.69. The van der Waals surface area contributed by atoms with Crippen LogP contribution in [0.1, 0.15) is 23.2 Å². The van der Waals surface area contributed by atoms with Crippen molar-refractivity contribution >= 4 is 35.0 Å². The van der Waals surface area contributed by atoms with E-state index in [0.29, 0.717) is 0 Å². The van der Waals surface area contributed by atoms with E-state index in [9.17, 15) is 14.4 Å². The van der Waals surface area contributed by atoms with E-state index < -0.39 is 17.9 Å². The van der Waals surface area contributed by atoms with Crippen LogP contribution in [0.25, 0.3) is 0 Å². The number of halogens is 1. The minimum absolute atomic E-state index is 0.000931. The molecule has 1 aliphatic heterocycles. The second kappa shape index (κ2) is 5.23. The first-order valence-corrected chi connectivity index (χ1v) is 5.90. The van der Waals surface area contributed by atoms with Crippen LogP contribution in [0.2, 0.25) is 5.15 Å². The molecule has 0 aromatic carbocycles. The van der Waals surface area contributed by atoms with Gasteiger partial charge in [-0.1, -0.05) is 11.6 Å². The Bertz CT molecular complexity index is 561. The molecular formula is C11H11ClN4O3. The molecule has 2 rings (SSSR count). The summed E-state index contributed by atoms with van der Waals surface area (Å²) in [6.07, 6.45) is 1.76. The third-order valence-corrected chi connectivity index (χ3v) is 2.95. The number of hydrogen-bond acceptors (Lipinski definition) is 5. The van der Waals surface area contributed by atoms with E-state index in [1.807, 2.05) is 0 Å². The number of carbonyl (C=O) groups is 3. The van der Waals surface area contributed by atoms with Crippen LogP contribution in [0.15, 0.2) is 12.3 Å². The van der Waals surface area contributed by atoms with Crippen molar-refractivity contribution in [1.29, 1.82) is 0 Å². The molecule has 100 valence electrons. The summed E-state index contributed by atoms with van der Waals surface area (Å²) in [4.78, 5) is 38.2. The molecule has 4 N–H and O–H groups in total. The van der Waals surface area contributed by atoms with Crippen molar-refractivity contribution in [3.8, 4) is 0 Å². The van der Waals surface area contributed by atoms with Crippen molar-refractivity contribution in [3.05, 3.63) is 23.0 Å². The van der Waals surface area contributed by atoms with Crippen LogP contribution in [0.3, 0.4) is 0 Å². The van der Waals surface area contributed by atoms with E-state index in [2.05, 4.69) is 15.6 Å². The van der Waals surface area contributed by atoms with E-state index in [1.165, 1.54) is 12.3 Å². The van der Waals surface area contributed by atoms with Gasteiger partial charge < -0.3 is 11.1 Å². The number of anilines is 1. The molecule has 0 saturated carbocycles. The number of imide groups is 1. The molecule has 2 heterocycles. The van der Waals surface area contributed by atoms with Crippen LogP contribution in [0, 0.1) is 0 Å². The Morgan fingerprint density at radius 1 is 1.53 bits per heavy atom. The molecule has 1 saturated heterocycles. The topological polar surface area (TPSA) is 114 Å². The molecule has 1 atom stereocenters. The zero-order valence-electron chi connectivity index (χ0n) is 9.77. The minimum Gasteiger partial charge on any atom is -0.397 e. The maximum absolute atomic E-state index is 12.0. The number of pyridine rings is 1. The number of nitrogen functional groups attached to an aromatic ring is 1. The van der Waals surface area contributed by atoms with E-state index >= 15 is 0 Å². The van der Waals surface area contributed by atoms with Gasteiger partial charge in [-0.3, -0.25) is 19.7 Å². The number of carbonyl (C=O) groups excluding carboxylic acids is 3. The lowest BCUT2D eigenvalue weighted by atomic mass is 10.1. The lowest BCUT2D eigenvalue weighted by Gasteiger charge is -2.21. The molecule has 1 aliphatic rings. The highest BCUT2D eigenvalue weighted by atomic mass is 35.5. The summed E-state index contributed by atoms with van der Waals surface area (Å²) in [5.74, 6) is -1.43. The summed E-state index contributed by atoms with van der Waals surface area (Å²) < 4.78 is 0. The Morgan fingerprint density at radius 3 is 2.95 bits per heavy atom. The molecule has 0 bridgehead atoms. The molecule has 7 nitrogen and oxygen atoms in total. The van der Waals surface area contributed by atoms with Gasteiger partial charge in [-0.2, -0.15) is 0 Å². The van der Waals surface area contributed by atoms with E-state index in [0.717, 1.165) is 0 Å². The van der Waals surface area contributed by atoms with Crippen molar-refractivity contribution in [2.24, 2.45) is 0 Å². The normalized spacial score (nSPS) is 18.9. The SMILES string of the molecule is Nc1cnc(Cl)c(C(=O)NC2CCC(=O)NC2=O)c1. The van der Waals surface area contributed by atoms with Crippen LogP contribution in [0.4, 0.5) is 5.69 Å². The summed E-state index contributed by atoms with van der Waals surface area (Å²) in [5.41, 5.74) is 5.90. The number of aromatic nitrogens is 1. The Hall–Kier alpha value is -2.15. The first-order valence-electron chi connectivity index (χ1n) is 5.53. The molecule has 1 aromatic rings. The molecule has 1 unspecified atom stereocenters. The summed E-state index contributed by atoms with van der Waals surface area (Å²) in [7, 11) is 0. The van der Waals surface area contributed by atoms with Crippen LogP contribution < -0.4 is 16.4 Å². The number of nitrogens with zero attached hydrogens (tertiary/aromatic N) is 1. The Balaban J connectivity index is 2.11. The lowest BCUT2D eigenvalue weighted by Crippen LogP contribution is -2.52. The van der Waals surface area contributed by atoms with Crippen LogP contribution in [0.5, 0.6) is 0 Å². The lowest BCUT2D eigenvalue weighted by molar-refractivity contribution is -0.134. The molecule has 0 aliphatic carbocycles. The van der Waals surface area contributed by atoms with Gasteiger partial charge in [-0.25, -0.2) is 4.98 Å². The molecule has 8 heteroatoms. The average molecular weight is 283 g/mol. The van der Waals surface area contributed by atoms with Gasteiger partial charge in [0.05, 0.1) is 17.4 Å². The number of nitrogens with two attached hydrogens (primary N) is 1. The molecule has 1 fully saturated rings. The van der Waals surface area contributed by atoms with Crippen molar-refractivity contribution in [2.75, 3.05) is 5.73 Å². The van der Waals surface area contributed by atoms with E-state index in [-0.39, 0.29) is 35.2 Å². The maximum atomic E-state index is 12.0. The minimum atomic E-state index is -0.761. The zero-order chi connectivity index (χ0) is 14.0. The molecular weight excluding hydrogens is 272 g/mol.